The van der Waals surface area contributed by atoms with Gasteiger partial charge in [0.1, 0.15) is 5.56 Å². The second-order valence-electron chi connectivity index (χ2n) is 8.09. The van der Waals surface area contributed by atoms with Crippen molar-refractivity contribution in [2.45, 2.75) is 26.8 Å². The lowest BCUT2D eigenvalue weighted by Crippen LogP contribution is -2.27. The van der Waals surface area contributed by atoms with E-state index < -0.39 is 0 Å². The van der Waals surface area contributed by atoms with Crippen LogP contribution in [0.4, 0.5) is 0 Å². The van der Waals surface area contributed by atoms with Gasteiger partial charge < -0.3 is 5.32 Å². The number of aryl methyl sites for hydroxylation is 1. The molecule has 3 aromatic heterocycles. The van der Waals surface area contributed by atoms with Crippen molar-refractivity contribution in [2.24, 2.45) is 0 Å². The van der Waals surface area contributed by atoms with Crippen molar-refractivity contribution < 1.29 is 4.79 Å². The molecule has 1 N–H and O–H groups in total. The van der Waals surface area contributed by atoms with Crippen LogP contribution in [0, 0.1) is 18.8 Å². The molecule has 34 heavy (non-hydrogen) atoms. The van der Waals surface area contributed by atoms with Gasteiger partial charge in [0.15, 0.2) is 5.65 Å². The first kappa shape index (κ1) is 21.4. The Balaban J connectivity index is 1.61. The fourth-order valence-electron chi connectivity index (χ4n) is 4.22. The zero-order valence-corrected chi connectivity index (χ0v) is 19.2. The Morgan fingerprint density at radius 2 is 1.91 bits per heavy atom. The molecule has 1 amide bonds. The summed E-state index contributed by atoms with van der Waals surface area (Å²) >= 11 is 0. The number of nitrogens with zero attached hydrogens (tertiary/aromatic N) is 4. The number of hydrogen-bond acceptors (Lipinski definition) is 4. The average Bonchev–Trinajstić information content (AvgIpc) is 3.20. The first-order valence-electron chi connectivity index (χ1n) is 11.1. The summed E-state index contributed by atoms with van der Waals surface area (Å²) in [6, 6.07) is 19.6. The van der Waals surface area contributed by atoms with E-state index in [-0.39, 0.29) is 11.9 Å². The van der Waals surface area contributed by atoms with Crippen LogP contribution in [-0.2, 0) is 0 Å². The molecule has 0 aliphatic carbocycles. The fourth-order valence-corrected chi connectivity index (χ4v) is 4.22. The van der Waals surface area contributed by atoms with E-state index in [0.717, 1.165) is 33.3 Å². The quantitative estimate of drug-likeness (QED) is 0.390. The predicted octanol–water partition coefficient (Wildman–Crippen LogP) is 5.12. The van der Waals surface area contributed by atoms with E-state index in [9.17, 15) is 4.79 Å². The van der Waals surface area contributed by atoms with Gasteiger partial charge in [0, 0.05) is 28.9 Å². The van der Waals surface area contributed by atoms with Gasteiger partial charge in [-0.3, -0.25) is 4.79 Å². The molecule has 6 heteroatoms. The van der Waals surface area contributed by atoms with E-state index in [1.165, 1.54) is 0 Å². The second-order valence-corrected chi connectivity index (χ2v) is 8.09. The summed E-state index contributed by atoms with van der Waals surface area (Å²) in [6.07, 6.45) is 3.45. The molecular weight excluding hydrogens is 422 g/mol. The summed E-state index contributed by atoms with van der Waals surface area (Å²) in [4.78, 5) is 22.7. The highest BCUT2D eigenvalue weighted by Gasteiger charge is 2.22. The topological polar surface area (TPSA) is 72.2 Å². The van der Waals surface area contributed by atoms with Gasteiger partial charge in [-0.2, -0.15) is 5.10 Å². The molecule has 0 saturated carbocycles. The van der Waals surface area contributed by atoms with Crippen LogP contribution < -0.4 is 5.32 Å². The van der Waals surface area contributed by atoms with Crippen molar-refractivity contribution in [1.82, 2.24) is 24.9 Å². The molecule has 6 nitrogen and oxygen atoms in total. The maximum Gasteiger partial charge on any atom is 0.257 e. The lowest BCUT2D eigenvalue weighted by Gasteiger charge is -2.19. The lowest BCUT2D eigenvalue weighted by atomic mass is 9.97. The van der Waals surface area contributed by atoms with Gasteiger partial charge in [0.05, 0.1) is 28.5 Å². The molecule has 0 spiro atoms. The normalized spacial score (nSPS) is 11.7. The third-order valence-electron chi connectivity index (χ3n) is 5.79. The summed E-state index contributed by atoms with van der Waals surface area (Å²) in [5, 5.41) is 8.54. The molecule has 0 bridgehead atoms. The van der Waals surface area contributed by atoms with Gasteiger partial charge >= 0.3 is 0 Å². The molecule has 0 aliphatic rings. The number of hydrogen-bond donors (Lipinski definition) is 1. The maximum atomic E-state index is 13.3. The molecule has 0 unspecified atom stereocenters. The Morgan fingerprint density at radius 1 is 1.09 bits per heavy atom. The van der Waals surface area contributed by atoms with E-state index >= 15 is 0 Å². The molecule has 5 rings (SSSR count). The first-order valence-corrected chi connectivity index (χ1v) is 11.1. The van der Waals surface area contributed by atoms with Crippen molar-refractivity contribution in [1.29, 1.82) is 0 Å². The maximum absolute atomic E-state index is 13.3. The minimum Gasteiger partial charge on any atom is -0.345 e. The Morgan fingerprint density at radius 3 is 2.71 bits per heavy atom. The summed E-state index contributed by atoms with van der Waals surface area (Å²) < 4.78 is 1.62. The van der Waals surface area contributed by atoms with Gasteiger partial charge in [-0.1, -0.05) is 48.4 Å². The predicted molar refractivity (Wildman–Crippen MR) is 133 cm³/mol. The van der Waals surface area contributed by atoms with Crippen molar-refractivity contribution >= 4 is 22.5 Å². The van der Waals surface area contributed by atoms with E-state index in [1.807, 2.05) is 69.3 Å². The highest BCUT2D eigenvalue weighted by atomic mass is 16.1. The third-order valence-corrected chi connectivity index (χ3v) is 5.79. The Bertz CT molecular complexity index is 1590. The number of amides is 1. The van der Waals surface area contributed by atoms with Crippen molar-refractivity contribution in [3.8, 4) is 23.1 Å². The van der Waals surface area contributed by atoms with Crippen molar-refractivity contribution in [3.63, 3.8) is 0 Å². The Labute approximate surface area is 197 Å². The molecule has 0 aliphatic heterocycles. The number of nitrogens with one attached hydrogen (secondary N) is 1. The minimum absolute atomic E-state index is 0.219. The zero-order valence-electron chi connectivity index (χ0n) is 19.2. The molecular formula is C28H23N5O. The first-order chi connectivity index (χ1) is 16.6. The van der Waals surface area contributed by atoms with Crippen LogP contribution in [0.3, 0.4) is 0 Å². The van der Waals surface area contributed by atoms with Gasteiger partial charge in [0.25, 0.3) is 5.91 Å². The number of pyridine rings is 1. The van der Waals surface area contributed by atoms with Crippen molar-refractivity contribution in [3.05, 3.63) is 95.4 Å². The van der Waals surface area contributed by atoms with Crippen LogP contribution >= 0.6 is 0 Å². The zero-order chi connectivity index (χ0) is 23.7. The summed E-state index contributed by atoms with van der Waals surface area (Å²) in [5.41, 5.74) is 6.10. The standard InChI is InChI=1S/C28H23N5O/c1-4-10-20-13-8-14-22-17-23(26(31-25(20)22)21-11-6-5-7-12-21)18(2)30-28(34)24-19(3)32-33-16-9-15-29-27(24)33/h5-9,11-18H,1-3H3,(H,30,34)/t18-/m0/s1. The molecule has 0 saturated heterocycles. The monoisotopic (exact) mass is 445 g/mol. The Kier molecular flexibility index (Phi) is 5.52. The molecule has 0 fully saturated rings. The number of carbonyl (C=O) groups is 1. The molecule has 3 heterocycles. The number of rotatable bonds is 4. The van der Waals surface area contributed by atoms with Gasteiger partial charge in [-0.15, -0.1) is 5.92 Å². The van der Waals surface area contributed by atoms with Crippen LogP contribution in [0.15, 0.2) is 73.1 Å². The smallest absolute Gasteiger partial charge is 0.257 e. The summed E-state index contributed by atoms with van der Waals surface area (Å²) in [6.45, 7) is 5.61. The second kappa shape index (κ2) is 8.80. The largest absolute Gasteiger partial charge is 0.345 e. The highest BCUT2D eigenvalue weighted by molar-refractivity contribution is 6.01. The van der Waals surface area contributed by atoms with E-state index in [1.54, 1.807) is 23.0 Å². The molecule has 5 aromatic rings. The van der Waals surface area contributed by atoms with Crippen LogP contribution in [0.25, 0.3) is 27.8 Å². The number of carbonyl (C=O) groups excluding carboxylic acids is 1. The molecule has 0 radical (unpaired) electrons. The van der Waals surface area contributed by atoms with E-state index in [2.05, 4.69) is 33.3 Å². The van der Waals surface area contributed by atoms with Crippen LogP contribution in [-0.4, -0.2) is 25.5 Å². The van der Waals surface area contributed by atoms with E-state index in [0.29, 0.717) is 16.9 Å². The van der Waals surface area contributed by atoms with Gasteiger partial charge in [-0.05, 0) is 39.0 Å². The van der Waals surface area contributed by atoms with Crippen LogP contribution in [0.2, 0.25) is 0 Å². The minimum atomic E-state index is -0.307. The molecule has 1 atom stereocenters. The van der Waals surface area contributed by atoms with Crippen LogP contribution in [0.1, 0.15) is 47.1 Å². The lowest BCUT2D eigenvalue weighted by molar-refractivity contribution is 0.0941. The summed E-state index contributed by atoms with van der Waals surface area (Å²) in [7, 11) is 0. The highest BCUT2D eigenvalue weighted by Crippen LogP contribution is 2.31. The average molecular weight is 446 g/mol. The van der Waals surface area contributed by atoms with Crippen molar-refractivity contribution in [2.75, 3.05) is 0 Å². The Hall–Kier alpha value is -4.50. The number of benzene rings is 2. The fraction of sp³-hybridized carbons (Fsp3) is 0.143. The third kappa shape index (κ3) is 3.78. The molecule has 166 valence electrons. The van der Waals surface area contributed by atoms with Gasteiger partial charge in [0.2, 0.25) is 0 Å². The molecule has 2 aromatic carbocycles. The SMILES string of the molecule is CC#Cc1cccc2cc([C@H](C)NC(=O)c3c(C)nn4cccnc34)c(-c3ccccc3)nc12. The number of aromatic nitrogens is 4. The summed E-state index contributed by atoms with van der Waals surface area (Å²) in [5.74, 6) is 5.91. The van der Waals surface area contributed by atoms with Gasteiger partial charge in [-0.25, -0.2) is 14.5 Å². The number of para-hydroxylation sites is 1. The van der Waals surface area contributed by atoms with Crippen LogP contribution in [0.5, 0.6) is 0 Å². The van der Waals surface area contributed by atoms with E-state index in [4.69, 9.17) is 4.98 Å². The number of fused-ring (bicyclic) bond motifs is 2.